The minimum absolute atomic E-state index is 0.0744. The second kappa shape index (κ2) is 8.87. The molecule has 0 saturated heterocycles. The maximum absolute atomic E-state index is 11.2. The van der Waals surface area contributed by atoms with Crippen molar-refractivity contribution in [1.29, 1.82) is 0 Å². The highest BCUT2D eigenvalue weighted by molar-refractivity contribution is 7.80. The van der Waals surface area contributed by atoms with E-state index < -0.39 is 5.97 Å². The summed E-state index contributed by atoms with van der Waals surface area (Å²) in [5.41, 5.74) is 0.878. The van der Waals surface area contributed by atoms with Gasteiger partial charge in [0.05, 0.1) is 0 Å². The number of hydrogen-bond donors (Lipinski definition) is 3. The molecule has 0 aliphatic rings. The lowest BCUT2D eigenvalue weighted by molar-refractivity contribution is -0.305. The minimum atomic E-state index is -1.23. The predicted molar refractivity (Wildman–Crippen MR) is 77.9 cm³/mol. The van der Waals surface area contributed by atoms with Crippen LogP contribution < -0.4 is 21.1 Å². The summed E-state index contributed by atoms with van der Waals surface area (Å²) in [6, 6.07) is 9.46. The molecule has 0 fully saturated rings. The maximum Gasteiger partial charge on any atom is 0.220 e. The number of amides is 1. The highest BCUT2D eigenvalue weighted by Crippen LogP contribution is 2.03. The van der Waals surface area contributed by atoms with Crippen LogP contribution in [0.25, 0.3) is 0 Å². The predicted octanol–water partition coefficient (Wildman–Crippen LogP) is -0.381. The standard InChI is InChI=1S/C13H17N3O3S/c17-11(6-7-12(18)19)14-8-9-15-13(20)16-10-4-2-1-3-5-10/h1-5H,6-9H2,(H,14,17)(H,18,19)(H2,15,16,20)/p-1. The Morgan fingerprint density at radius 1 is 1.05 bits per heavy atom. The molecule has 6 nitrogen and oxygen atoms in total. The van der Waals surface area contributed by atoms with Gasteiger partial charge >= 0.3 is 0 Å². The molecule has 0 aliphatic heterocycles. The smallest absolute Gasteiger partial charge is 0.220 e. The van der Waals surface area contributed by atoms with Crippen molar-refractivity contribution in [2.75, 3.05) is 18.4 Å². The van der Waals surface area contributed by atoms with Crippen LogP contribution in [0.4, 0.5) is 5.69 Å². The number of carbonyl (C=O) groups excluding carboxylic acids is 2. The second-order valence-electron chi connectivity index (χ2n) is 3.97. The Balaban J connectivity index is 2.10. The molecule has 1 aromatic carbocycles. The molecule has 0 aromatic heterocycles. The number of carboxylic acids is 1. The molecule has 1 rings (SSSR count). The van der Waals surface area contributed by atoms with Crippen LogP contribution in [0, 0.1) is 0 Å². The van der Waals surface area contributed by atoms with Crippen LogP contribution in [0.5, 0.6) is 0 Å². The molecule has 0 unspecified atom stereocenters. The summed E-state index contributed by atoms with van der Waals surface area (Å²) in [6.45, 7) is 0.818. The summed E-state index contributed by atoms with van der Waals surface area (Å²) in [6.07, 6.45) is -0.345. The molecule has 0 radical (unpaired) electrons. The SMILES string of the molecule is O=C([O-])CCC(=O)NCCNC(=S)Nc1ccccc1. The van der Waals surface area contributed by atoms with E-state index in [-0.39, 0.29) is 18.7 Å². The van der Waals surface area contributed by atoms with Gasteiger partial charge in [-0.3, -0.25) is 4.79 Å². The first kappa shape index (κ1) is 15.9. The molecule has 0 heterocycles. The number of aliphatic carboxylic acids is 1. The Hall–Kier alpha value is -2.15. The maximum atomic E-state index is 11.2. The number of carbonyl (C=O) groups is 2. The molecule has 1 aromatic rings. The molecule has 0 saturated carbocycles. The Bertz CT molecular complexity index is 465. The van der Waals surface area contributed by atoms with Crippen molar-refractivity contribution in [2.45, 2.75) is 12.8 Å². The van der Waals surface area contributed by atoms with E-state index >= 15 is 0 Å². The quantitative estimate of drug-likeness (QED) is 0.469. The fourth-order valence-corrected chi connectivity index (χ4v) is 1.60. The zero-order valence-electron chi connectivity index (χ0n) is 10.8. The van der Waals surface area contributed by atoms with Crippen LogP contribution in [0.15, 0.2) is 30.3 Å². The normalized spacial score (nSPS) is 9.60. The van der Waals surface area contributed by atoms with Crippen molar-refractivity contribution in [3.05, 3.63) is 30.3 Å². The lowest BCUT2D eigenvalue weighted by Crippen LogP contribution is -2.37. The summed E-state index contributed by atoms with van der Waals surface area (Å²) >= 11 is 5.08. The van der Waals surface area contributed by atoms with E-state index in [1.165, 1.54) is 0 Å². The van der Waals surface area contributed by atoms with Crippen LogP contribution >= 0.6 is 12.2 Å². The number of anilines is 1. The van der Waals surface area contributed by atoms with Gasteiger partial charge in [0.25, 0.3) is 0 Å². The molecule has 108 valence electrons. The largest absolute Gasteiger partial charge is 0.550 e. The summed E-state index contributed by atoms with van der Waals surface area (Å²) in [4.78, 5) is 21.4. The van der Waals surface area contributed by atoms with E-state index in [1.807, 2.05) is 30.3 Å². The van der Waals surface area contributed by atoms with Crippen LogP contribution in [-0.4, -0.2) is 30.1 Å². The minimum Gasteiger partial charge on any atom is -0.550 e. The lowest BCUT2D eigenvalue weighted by Gasteiger charge is -2.11. The van der Waals surface area contributed by atoms with E-state index in [4.69, 9.17) is 12.2 Å². The van der Waals surface area contributed by atoms with Crippen LogP contribution in [0.3, 0.4) is 0 Å². The van der Waals surface area contributed by atoms with Gasteiger partial charge in [0.1, 0.15) is 0 Å². The number of rotatable bonds is 7. The van der Waals surface area contributed by atoms with Gasteiger partial charge in [0, 0.05) is 31.2 Å². The van der Waals surface area contributed by atoms with Crippen LogP contribution in [0.2, 0.25) is 0 Å². The van der Waals surface area contributed by atoms with Crippen molar-refractivity contribution in [2.24, 2.45) is 0 Å². The molecule has 0 atom stereocenters. The monoisotopic (exact) mass is 294 g/mol. The van der Waals surface area contributed by atoms with E-state index in [9.17, 15) is 14.7 Å². The third-order valence-corrected chi connectivity index (χ3v) is 2.57. The fraction of sp³-hybridized carbons (Fsp3) is 0.308. The van der Waals surface area contributed by atoms with Crippen LogP contribution in [-0.2, 0) is 9.59 Å². The number of nitrogens with one attached hydrogen (secondary N) is 3. The highest BCUT2D eigenvalue weighted by Gasteiger charge is 2.01. The second-order valence-corrected chi connectivity index (χ2v) is 4.38. The van der Waals surface area contributed by atoms with Gasteiger partial charge in [-0.1, -0.05) is 18.2 Å². The molecule has 0 aliphatic carbocycles. The molecule has 0 spiro atoms. The van der Waals surface area contributed by atoms with E-state index in [0.717, 1.165) is 5.69 Å². The average Bonchev–Trinajstić information content (AvgIpc) is 2.42. The molecular formula is C13H16N3O3S-. The summed E-state index contributed by atoms with van der Waals surface area (Å²) < 4.78 is 0. The van der Waals surface area contributed by atoms with Crippen molar-refractivity contribution >= 4 is 34.9 Å². The van der Waals surface area contributed by atoms with E-state index in [1.54, 1.807) is 0 Å². The van der Waals surface area contributed by atoms with Crippen LogP contribution in [0.1, 0.15) is 12.8 Å². The molecule has 3 N–H and O–H groups in total. The van der Waals surface area contributed by atoms with Crippen molar-refractivity contribution in [3.63, 3.8) is 0 Å². The number of thiocarbonyl (C=S) groups is 1. The number of carboxylic acid groups (broad SMARTS) is 1. The van der Waals surface area contributed by atoms with Gasteiger partial charge in [-0.2, -0.15) is 0 Å². The number of para-hydroxylation sites is 1. The molecule has 1 amide bonds. The van der Waals surface area contributed by atoms with Gasteiger partial charge in [0.15, 0.2) is 5.11 Å². The Morgan fingerprint density at radius 3 is 2.35 bits per heavy atom. The first-order chi connectivity index (χ1) is 9.58. The Morgan fingerprint density at radius 2 is 1.70 bits per heavy atom. The molecular weight excluding hydrogens is 278 g/mol. The van der Waals surface area contributed by atoms with Crippen molar-refractivity contribution in [1.82, 2.24) is 10.6 Å². The van der Waals surface area contributed by atoms with E-state index in [2.05, 4.69) is 16.0 Å². The van der Waals surface area contributed by atoms with E-state index in [0.29, 0.717) is 18.2 Å². The number of hydrogen-bond acceptors (Lipinski definition) is 4. The molecule has 20 heavy (non-hydrogen) atoms. The third-order valence-electron chi connectivity index (χ3n) is 2.32. The van der Waals surface area contributed by atoms with Gasteiger partial charge in [-0.05, 0) is 30.8 Å². The van der Waals surface area contributed by atoms with Gasteiger partial charge < -0.3 is 25.9 Å². The first-order valence-corrected chi connectivity index (χ1v) is 6.55. The van der Waals surface area contributed by atoms with Gasteiger partial charge in [-0.15, -0.1) is 0 Å². The Kier molecular flexibility index (Phi) is 7.05. The first-order valence-electron chi connectivity index (χ1n) is 6.14. The summed E-state index contributed by atoms with van der Waals surface area (Å²) in [5.74, 6) is -1.55. The van der Waals surface area contributed by atoms with Crippen molar-refractivity contribution in [3.8, 4) is 0 Å². The average molecular weight is 294 g/mol. The zero-order valence-corrected chi connectivity index (χ0v) is 11.7. The zero-order chi connectivity index (χ0) is 14.8. The topological polar surface area (TPSA) is 93.3 Å². The highest BCUT2D eigenvalue weighted by atomic mass is 32.1. The summed E-state index contributed by atoms with van der Waals surface area (Å²) in [5, 5.41) is 19.1. The summed E-state index contributed by atoms with van der Waals surface area (Å²) in [7, 11) is 0. The van der Waals surface area contributed by atoms with Gasteiger partial charge in [0.2, 0.25) is 5.91 Å². The number of benzene rings is 1. The third kappa shape index (κ3) is 7.32. The Labute approximate surface area is 122 Å². The lowest BCUT2D eigenvalue weighted by atomic mass is 10.3. The molecule has 0 bridgehead atoms. The van der Waals surface area contributed by atoms with Crippen molar-refractivity contribution < 1.29 is 14.7 Å². The fourth-order valence-electron chi connectivity index (χ4n) is 1.38. The van der Waals surface area contributed by atoms with Gasteiger partial charge in [-0.25, -0.2) is 0 Å². The molecule has 7 heteroatoms.